The van der Waals surface area contributed by atoms with E-state index in [1.165, 1.54) is 30.9 Å². The van der Waals surface area contributed by atoms with Gasteiger partial charge in [-0.1, -0.05) is 37.1 Å². The third-order valence-corrected chi connectivity index (χ3v) is 15.0. The minimum Gasteiger partial charge on any atom is -0.394 e. The molecule has 0 aromatic carbocycles. The number of ether oxygens (including phenoxy) is 6. The fraction of sp³-hybridized carbons (Fsp3) is 0.897. The lowest BCUT2D eigenvalue weighted by Crippen LogP contribution is -2.64. The van der Waals surface area contributed by atoms with Crippen molar-refractivity contribution >= 4 is 0 Å². The predicted molar refractivity (Wildman–Crippen MR) is 181 cm³/mol. The molecule has 0 aromatic heterocycles. The molecule has 0 aromatic rings. The first-order chi connectivity index (χ1) is 24.3. The van der Waals surface area contributed by atoms with Crippen molar-refractivity contribution in [2.75, 3.05) is 13.2 Å². The lowest BCUT2D eigenvalue weighted by atomic mass is 9.46. The van der Waals surface area contributed by atoms with Crippen molar-refractivity contribution in [3.8, 4) is 0 Å². The summed E-state index contributed by atoms with van der Waals surface area (Å²) in [6.07, 6.45) is -1.79. The smallest absolute Gasteiger partial charge is 0.187 e. The largest absolute Gasteiger partial charge is 0.394 e. The summed E-state index contributed by atoms with van der Waals surface area (Å²) in [6, 6.07) is 0. The average Bonchev–Trinajstić information content (AvgIpc) is 3.29. The molecule has 0 amide bonds. The van der Waals surface area contributed by atoms with Crippen LogP contribution in [0.3, 0.4) is 0 Å². The summed E-state index contributed by atoms with van der Waals surface area (Å²) < 4.78 is 37.6. The van der Waals surface area contributed by atoms with Crippen LogP contribution in [-0.4, -0.2) is 124 Å². The second-order valence-corrected chi connectivity index (χ2v) is 17.8. The monoisotopic (exact) mass is 720 g/mol. The van der Waals surface area contributed by atoms with Crippen molar-refractivity contribution in [2.45, 2.75) is 159 Å². The lowest BCUT2D eigenvalue weighted by Gasteiger charge is -2.59. The molecule has 0 radical (unpaired) electrons. The number of hydrogen-bond acceptors (Lipinski definition) is 12. The Kier molecular flexibility index (Phi) is 9.88. The maximum absolute atomic E-state index is 11.1. The van der Waals surface area contributed by atoms with E-state index in [9.17, 15) is 30.6 Å². The van der Waals surface area contributed by atoms with Crippen LogP contribution in [0.4, 0.5) is 0 Å². The zero-order valence-corrected chi connectivity index (χ0v) is 30.6. The van der Waals surface area contributed by atoms with E-state index in [2.05, 4.69) is 39.8 Å². The molecule has 12 nitrogen and oxygen atoms in total. The second kappa shape index (κ2) is 13.6. The maximum atomic E-state index is 11.1. The Morgan fingerprint density at radius 1 is 0.902 bits per heavy atom. The highest BCUT2D eigenvalue weighted by Crippen LogP contribution is 2.70. The Hall–Kier alpha value is -1.00. The molecule has 12 heteroatoms. The van der Waals surface area contributed by atoms with Crippen LogP contribution in [0.1, 0.15) is 79.6 Å². The third-order valence-electron chi connectivity index (χ3n) is 15.0. The molecule has 5 aliphatic heterocycles. The predicted octanol–water partition coefficient (Wildman–Crippen LogP) is 2.17. The Balaban J connectivity index is 0.987. The molecule has 21 atom stereocenters. The molecule has 3 saturated carbocycles. The molecule has 9 aliphatic rings. The van der Waals surface area contributed by atoms with Crippen LogP contribution in [0.5, 0.6) is 0 Å². The number of aliphatic hydroxyl groups is 6. The topological polar surface area (TPSA) is 177 Å². The van der Waals surface area contributed by atoms with Gasteiger partial charge in [0.1, 0.15) is 42.7 Å². The molecule has 0 unspecified atom stereocenters. The molecule has 5 heterocycles. The van der Waals surface area contributed by atoms with Gasteiger partial charge in [0.05, 0.1) is 31.5 Å². The van der Waals surface area contributed by atoms with E-state index >= 15 is 0 Å². The van der Waals surface area contributed by atoms with Crippen molar-refractivity contribution in [2.24, 2.45) is 46.3 Å². The van der Waals surface area contributed by atoms with Gasteiger partial charge in [0, 0.05) is 11.3 Å². The van der Waals surface area contributed by atoms with Crippen molar-refractivity contribution in [1.82, 2.24) is 0 Å². The van der Waals surface area contributed by atoms with Gasteiger partial charge in [0.15, 0.2) is 18.9 Å². The Labute approximate surface area is 301 Å². The van der Waals surface area contributed by atoms with E-state index in [-0.39, 0.29) is 29.3 Å². The van der Waals surface area contributed by atoms with Crippen LogP contribution in [0, 0.1) is 46.3 Å². The molecule has 51 heavy (non-hydrogen) atoms. The summed E-state index contributed by atoms with van der Waals surface area (Å²) >= 11 is 0. The molecule has 4 aliphatic carbocycles. The first-order valence-electron chi connectivity index (χ1n) is 19.5. The van der Waals surface area contributed by atoms with Gasteiger partial charge in [-0.05, 0) is 101 Å². The van der Waals surface area contributed by atoms with Crippen LogP contribution >= 0.6 is 0 Å². The van der Waals surface area contributed by atoms with Crippen LogP contribution in [0.15, 0.2) is 23.3 Å². The first-order valence-corrected chi connectivity index (χ1v) is 19.5. The van der Waals surface area contributed by atoms with E-state index in [1.54, 1.807) is 0 Å². The number of fused-ring (bicyclic) bond motifs is 6. The van der Waals surface area contributed by atoms with Crippen molar-refractivity contribution in [3.63, 3.8) is 0 Å². The summed E-state index contributed by atoms with van der Waals surface area (Å²) in [5.41, 5.74) is 2.91. The Bertz CT molecular complexity index is 1350. The van der Waals surface area contributed by atoms with E-state index in [4.69, 9.17) is 28.4 Å². The van der Waals surface area contributed by atoms with Gasteiger partial charge in [0.2, 0.25) is 0 Å². The highest BCUT2D eigenvalue weighted by Gasteiger charge is 2.68. The maximum Gasteiger partial charge on any atom is 0.187 e. The second-order valence-electron chi connectivity index (χ2n) is 17.8. The molecule has 6 N–H and O–H groups in total. The van der Waals surface area contributed by atoms with Gasteiger partial charge in [-0.25, -0.2) is 0 Å². The molecular weight excluding hydrogens is 660 g/mol. The molecular formula is C39H60O12. The van der Waals surface area contributed by atoms with Gasteiger partial charge in [-0.2, -0.15) is 0 Å². The number of allylic oxidation sites excluding steroid dienone is 2. The van der Waals surface area contributed by atoms with Crippen LogP contribution in [-0.2, 0) is 28.4 Å². The van der Waals surface area contributed by atoms with Gasteiger partial charge in [-0.3, -0.25) is 0 Å². The first kappa shape index (κ1) is 36.9. The lowest BCUT2D eigenvalue weighted by molar-refractivity contribution is -0.369. The van der Waals surface area contributed by atoms with E-state index in [0.29, 0.717) is 41.9 Å². The minimum absolute atomic E-state index is 0.0348. The van der Waals surface area contributed by atoms with Gasteiger partial charge >= 0.3 is 0 Å². The summed E-state index contributed by atoms with van der Waals surface area (Å²) in [4.78, 5) is 0. The zero-order chi connectivity index (χ0) is 36.1. The summed E-state index contributed by atoms with van der Waals surface area (Å²) in [5.74, 6) is 3.05. The fourth-order valence-electron chi connectivity index (χ4n) is 12.4. The minimum atomic E-state index is -1.61. The Morgan fingerprint density at radius 3 is 2.43 bits per heavy atom. The SMILES string of the molecule is CC(C)=C[C@H]1[C@H]2OC[C@]34CC[C@H]5[C@@H](CC=C6C[C@@H](O[C@@H]7O[C@H](CO)[C@@H](O)[C@H](O)[C@H]7O[C@@H]7O[C@@H](C)[C@H](O)[C@@H](O)[C@H]7O)CC[C@@]65C)[C@@H]3C[C@H](O2)[C@@H]4[C@H]1C. The van der Waals surface area contributed by atoms with Crippen molar-refractivity contribution in [3.05, 3.63) is 23.3 Å². The van der Waals surface area contributed by atoms with Crippen LogP contribution in [0.2, 0.25) is 0 Å². The normalized spacial score (nSPS) is 56.3. The Morgan fingerprint density at radius 2 is 1.69 bits per heavy atom. The molecule has 288 valence electrons. The van der Waals surface area contributed by atoms with Gasteiger partial charge in [-0.15, -0.1) is 0 Å². The van der Waals surface area contributed by atoms with Crippen molar-refractivity contribution in [1.29, 1.82) is 0 Å². The third kappa shape index (κ3) is 5.85. The number of hydrogen-bond donors (Lipinski definition) is 6. The van der Waals surface area contributed by atoms with Gasteiger partial charge < -0.3 is 59.1 Å². The number of aliphatic hydroxyl groups excluding tert-OH is 6. The van der Waals surface area contributed by atoms with Gasteiger partial charge in [0.25, 0.3) is 0 Å². The average molecular weight is 721 g/mol. The fourth-order valence-corrected chi connectivity index (χ4v) is 12.4. The molecule has 9 rings (SSSR count). The summed E-state index contributed by atoms with van der Waals surface area (Å²) in [6.45, 7) is 11.0. The van der Waals surface area contributed by atoms with Crippen LogP contribution in [0.25, 0.3) is 0 Å². The zero-order valence-electron chi connectivity index (χ0n) is 30.6. The van der Waals surface area contributed by atoms with E-state index in [1.807, 2.05) is 0 Å². The number of rotatable bonds is 6. The highest BCUT2D eigenvalue weighted by molar-refractivity contribution is 5.27. The summed E-state index contributed by atoms with van der Waals surface area (Å²) in [7, 11) is 0. The quantitative estimate of drug-likeness (QED) is 0.221. The standard InChI is InChI=1S/C39H60O12/c1-17(2)12-23-18(3)28-26-14-25-22-7-6-20-13-21(8-10-38(20,5)24(22)9-11-39(25,28)16-46-35(23)49-26)48-37-34(32(44)30(42)27(15-40)50-37)51-36-33(45)31(43)29(41)19(4)47-36/h6,12,18-19,21-37,40-45H,7-11,13-16H2,1-5H3/t18-,19-,21-,22+,23+,24-,25-,26-,27+,28-,29-,30+,31+,32-,33+,34+,35-,36-,37+,38-,39+/m0/s1. The van der Waals surface area contributed by atoms with E-state index in [0.717, 1.165) is 32.3 Å². The summed E-state index contributed by atoms with van der Waals surface area (Å²) in [5, 5.41) is 62.9. The molecule has 5 saturated heterocycles. The molecule has 1 spiro atoms. The highest BCUT2D eigenvalue weighted by atomic mass is 16.8. The van der Waals surface area contributed by atoms with Crippen molar-refractivity contribution < 1.29 is 59.1 Å². The van der Waals surface area contributed by atoms with E-state index < -0.39 is 68.0 Å². The molecule has 8 fully saturated rings. The van der Waals surface area contributed by atoms with Crippen LogP contribution < -0.4 is 0 Å². The molecule has 4 bridgehead atoms.